The van der Waals surface area contributed by atoms with Crippen LogP contribution in [0.4, 0.5) is 11.4 Å². The summed E-state index contributed by atoms with van der Waals surface area (Å²) >= 11 is 1.39. The van der Waals surface area contributed by atoms with Crippen LogP contribution in [0.15, 0.2) is 41.8 Å². The molecule has 2 N–H and O–H groups in total. The number of hydrogen-bond acceptors (Lipinski definition) is 5. The van der Waals surface area contributed by atoms with Crippen LogP contribution in [0.1, 0.15) is 23.0 Å². The number of nitrogens with zero attached hydrogens (tertiary/aromatic N) is 2. The maximum absolute atomic E-state index is 12.3. The highest BCUT2D eigenvalue weighted by Crippen LogP contribution is 2.26. The molecule has 0 aliphatic carbocycles. The van der Waals surface area contributed by atoms with Crippen molar-refractivity contribution in [1.82, 2.24) is 10.2 Å². The molecule has 0 atom stereocenters. The zero-order valence-corrected chi connectivity index (χ0v) is 16.4. The van der Waals surface area contributed by atoms with E-state index >= 15 is 0 Å². The molecular weight excluding hydrogens is 360 g/mol. The summed E-state index contributed by atoms with van der Waals surface area (Å²) in [5, 5.41) is 7.64. The first-order chi connectivity index (χ1) is 13.2. The molecule has 3 rings (SSSR count). The second-order valence-corrected chi connectivity index (χ2v) is 7.42. The molecule has 0 saturated carbocycles. The van der Waals surface area contributed by atoms with E-state index in [-0.39, 0.29) is 18.2 Å². The molecule has 0 unspecified atom stereocenters. The SMILES string of the molecule is CCN1CCN(c2ccccc2NC(=O)CCNC(=O)c2cccs2)CC1. The fourth-order valence-electron chi connectivity index (χ4n) is 3.16. The van der Waals surface area contributed by atoms with Gasteiger partial charge in [-0.15, -0.1) is 11.3 Å². The molecule has 27 heavy (non-hydrogen) atoms. The first kappa shape index (κ1) is 19.4. The zero-order valence-electron chi connectivity index (χ0n) is 15.6. The third-order valence-electron chi connectivity index (χ3n) is 4.72. The van der Waals surface area contributed by atoms with E-state index in [0.29, 0.717) is 11.4 Å². The monoisotopic (exact) mass is 386 g/mol. The van der Waals surface area contributed by atoms with Crippen LogP contribution in [0.2, 0.25) is 0 Å². The predicted octanol–water partition coefficient (Wildman–Crippen LogP) is 2.65. The highest BCUT2D eigenvalue weighted by Gasteiger charge is 2.18. The first-order valence-corrected chi connectivity index (χ1v) is 10.2. The standard InChI is InChI=1S/C20H26N4O2S/c1-2-23-11-13-24(14-12-23)17-7-4-3-6-16(17)22-19(25)9-10-21-20(26)18-8-5-15-27-18/h3-8,15H,2,9-14H2,1H3,(H,21,26)(H,22,25). The quantitative estimate of drug-likeness (QED) is 0.768. The Morgan fingerprint density at radius 1 is 1.07 bits per heavy atom. The van der Waals surface area contributed by atoms with Gasteiger partial charge < -0.3 is 20.4 Å². The largest absolute Gasteiger partial charge is 0.367 e. The average molecular weight is 387 g/mol. The summed E-state index contributed by atoms with van der Waals surface area (Å²) < 4.78 is 0. The van der Waals surface area contributed by atoms with Gasteiger partial charge in [-0.05, 0) is 30.1 Å². The van der Waals surface area contributed by atoms with E-state index in [9.17, 15) is 9.59 Å². The number of amides is 2. The fourth-order valence-corrected chi connectivity index (χ4v) is 3.80. The van der Waals surface area contributed by atoms with Gasteiger partial charge in [-0.1, -0.05) is 25.1 Å². The number of carbonyl (C=O) groups excluding carboxylic acids is 2. The van der Waals surface area contributed by atoms with Gasteiger partial charge >= 0.3 is 0 Å². The van der Waals surface area contributed by atoms with Gasteiger partial charge in [0.25, 0.3) is 5.91 Å². The topological polar surface area (TPSA) is 64.7 Å². The van der Waals surface area contributed by atoms with Crippen molar-refractivity contribution in [2.45, 2.75) is 13.3 Å². The molecule has 1 aromatic carbocycles. The van der Waals surface area contributed by atoms with Crippen LogP contribution in [0.25, 0.3) is 0 Å². The zero-order chi connectivity index (χ0) is 19.1. The lowest BCUT2D eigenvalue weighted by Crippen LogP contribution is -2.46. The average Bonchev–Trinajstić information content (AvgIpc) is 3.23. The second-order valence-electron chi connectivity index (χ2n) is 6.47. The third-order valence-corrected chi connectivity index (χ3v) is 5.59. The number of likely N-dealkylation sites (N-methyl/N-ethyl adjacent to an activating group) is 1. The number of thiophene rings is 1. The molecule has 0 radical (unpaired) electrons. The number of hydrogen-bond donors (Lipinski definition) is 2. The van der Waals surface area contributed by atoms with Gasteiger partial charge in [0.15, 0.2) is 0 Å². The minimum Gasteiger partial charge on any atom is -0.367 e. The van der Waals surface area contributed by atoms with Gasteiger partial charge in [-0.25, -0.2) is 0 Å². The molecule has 2 aromatic rings. The Kier molecular flexibility index (Phi) is 6.84. The van der Waals surface area contributed by atoms with Crippen molar-refractivity contribution in [2.24, 2.45) is 0 Å². The molecule has 1 fully saturated rings. The van der Waals surface area contributed by atoms with Gasteiger partial charge in [0.2, 0.25) is 5.91 Å². The number of nitrogens with one attached hydrogen (secondary N) is 2. The van der Waals surface area contributed by atoms with Crippen molar-refractivity contribution in [3.63, 3.8) is 0 Å². The van der Waals surface area contributed by atoms with E-state index < -0.39 is 0 Å². The lowest BCUT2D eigenvalue weighted by atomic mass is 10.2. The Morgan fingerprint density at radius 2 is 1.85 bits per heavy atom. The molecule has 2 heterocycles. The second kappa shape index (κ2) is 9.53. The van der Waals surface area contributed by atoms with Gasteiger partial charge in [-0.3, -0.25) is 9.59 Å². The lowest BCUT2D eigenvalue weighted by Gasteiger charge is -2.36. The fraction of sp³-hybridized carbons (Fsp3) is 0.400. The Labute approximate surface area is 164 Å². The molecule has 1 aliphatic rings. The number of carbonyl (C=O) groups is 2. The Morgan fingerprint density at radius 3 is 2.56 bits per heavy atom. The van der Waals surface area contributed by atoms with Crippen LogP contribution in [0, 0.1) is 0 Å². The number of rotatable bonds is 7. The number of anilines is 2. The van der Waals surface area contributed by atoms with Crippen LogP contribution in [0.3, 0.4) is 0 Å². The molecule has 0 spiro atoms. The van der Waals surface area contributed by atoms with Crippen molar-refractivity contribution in [3.05, 3.63) is 46.7 Å². The van der Waals surface area contributed by atoms with Crippen LogP contribution in [0.5, 0.6) is 0 Å². The van der Waals surface area contributed by atoms with Crippen molar-refractivity contribution in [2.75, 3.05) is 49.5 Å². The van der Waals surface area contributed by atoms with Crippen LogP contribution in [-0.4, -0.2) is 56.0 Å². The summed E-state index contributed by atoms with van der Waals surface area (Å²) in [7, 11) is 0. The molecule has 1 aromatic heterocycles. The summed E-state index contributed by atoms with van der Waals surface area (Å²) in [5.74, 6) is -0.229. The number of piperazine rings is 1. The van der Waals surface area contributed by atoms with E-state index in [2.05, 4.69) is 33.4 Å². The normalized spacial score (nSPS) is 14.8. The van der Waals surface area contributed by atoms with Crippen LogP contribution in [-0.2, 0) is 4.79 Å². The van der Waals surface area contributed by atoms with Gasteiger partial charge in [0.05, 0.1) is 16.3 Å². The molecule has 1 saturated heterocycles. The Hall–Kier alpha value is -2.38. The summed E-state index contributed by atoms with van der Waals surface area (Å²) in [6.45, 7) is 7.56. The van der Waals surface area contributed by atoms with Crippen LogP contribution < -0.4 is 15.5 Å². The van der Waals surface area contributed by atoms with E-state index in [1.807, 2.05) is 29.6 Å². The number of benzene rings is 1. The summed E-state index contributed by atoms with van der Waals surface area (Å²) in [6, 6.07) is 11.5. The summed E-state index contributed by atoms with van der Waals surface area (Å²) in [6.07, 6.45) is 0.245. The van der Waals surface area contributed by atoms with E-state index in [4.69, 9.17) is 0 Å². The molecule has 144 valence electrons. The van der Waals surface area contributed by atoms with E-state index in [0.717, 1.165) is 44.1 Å². The Balaban J connectivity index is 1.51. The molecule has 6 nitrogen and oxygen atoms in total. The smallest absolute Gasteiger partial charge is 0.261 e. The first-order valence-electron chi connectivity index (χ1n) is 9.35. The van der Waals surface area contributed by atoms with Gasteiger partial charge in [-0.2, -0.15) is 0 Å². The molecule has 7 heteroatoms. The van der Waals surface area contributed by atoms with E-state index in [1.165, 1.54) is 11.3 Å². The Bertz CT molecular complexity index is 755. The van der Waals surface area contributed by atoms with Crippen molar-refractivity contribution >= 4 is 34.5 Å². The predicted molar refractivity (Wildman–Crippen MR) is 111 cm³/mol. The molecular formula is C20H26N4O2S. The van der Waals surface area contributed by atoms with E-state index in [1.54, 1.807) is 6.07 Å². The maximum Gasteiger partial charge on any atom is 0.261 e. The highest BCUT2D eigenvalue weighted by atomic mass is 32.1. The molecule has 1 aliphatic heterocycles. The van der Waals surface area contributed by atoms with Crippen LogP contribution >= 0.6 is 11.3 Å². The highest BCUT2D eigenvalue weighted by molar-refractivity contribution is 7.12. The summed E-state index contributed by atoms with van der Waals surface area (Å²) in [4.78, 5) is 29.6. The van der Waals surface area contributed by atoms with Gasteiger partial charge in [0.1, 0.15) is 0 Å². The third kappa shape index (κ3) is 5.30. The maximum atomic E-state index is 12.3. The molecule has 0 bridgehead atoms. The minimum absolute atomic E-state index is 0.0962. The van der Waals surface area contributed by atoms with Crippen molar-refractivity contribution < 1.29 is 9.59 Å². The summed E-state index contributed by atoms with van der Waals surface area (Å²) in [5.41, 5.74) is 1.89. The molecule has 2 amide bonds. The number of para-hydroxylation sites is 2. The van der Waals surface area contributed by atoms with Gasteiger partial charge in [0, 0.05) is 39.1 Å². The van der Waals surface area contributed by atoms with Crippen molar-refractivity contribution in [3.8, 4) is 0 Å². The minimum atomic E-state index is -0.132. The van der Waals surface area contributed by atoms with Crippen molar-refractivity contribution in [1.29, 1.82) is 0 Å². The lowest BCUT2D eigenvalue weighted by molar-refractivity contribution is -0.116.